The maximum absolute atomic E-state index is 14.4. The summed E-state index contributed by atoms with van der Waals surface area (Å²) < 4.78 is 14.4. The van der Waals surface area contributed by atoms with E-state index < -0.39 is 12.0 Å². The van der Waals surface area contributed by atoms with Gasteiger partial charge in [0.25, 0.3) is 0 Å². The van der Waals surface area contributed by atoms with E-state index in [4.69, 9.17) is 17.3 Å². The van der Waals surface area contributed by atoms with Crippen LogP contribution in [0.25, 0.3) is 16.5 Å². The molecule has 5 nitrogen and oxygen atoms in total. The molecule has 0 saturated carbocycles. The van der Waals surface area contributed by atoms with E-state index in [0.29, 0.717) is 11.6 Å². The van der Waals surface area contributed by atoms with Gasteiger partial charge in [-0.3, -0.25) is 0 Å². The van der Waals surface area contributed by atoms with Crippen LogP contribution in [0.4, 0.5) is 10.2 Å². The smallest absolute Gasteiger partial charge is 0.148 e. The van der Waals surface area contributed by atoms with Gasteiger partial charge in [-0.25, -0.2) is 14.4 Å². The van der Waals surface area contributed by atoms with Crippen molar-refractivity contribution in [3.8, 4) is 0 Å². The Morgan fingerprint density at radius 3 is 2.89 bits per heavy atom. The summed E-state index contributed by atoms with van der Waals surface area (Å²) >= 11 is 5.89. The number of halogens is 2. The Labute approximate surface area is 167 Å². The highest BCUT2D eigenvalue weighted by Crippen LogP contribution is 2.29. The number of hydrogen-bond donors (Lipinski definition) is 3. The van der Waals surface area contributed by atoms with Gasteiger partial charge in [0.05, 0.1) is 10.5 Å². The van der Waals surface area contributed by atoms with Crippen LogP contribution in [0.5, 0.6) is 0 Å². The number of anilines is 1. The van der Waals surface area contributed by atoms with E-state index in [0.717, 1.165) is 36.0 Å². The summed E-state index contributed by atoms with van der Waals surface area (Å²) in [7, 11) is 0. The highest BCUT2D eigenvalue weighted by Gasteiger charge is 2.17. The number of aromatic nitrogens is 2. The molecule has 0 fully saturated rings. The van der Waals surface area contributed by atoms with Crippen molar-refractivity contribution in [2.45, 2.75) is 19.5 Å². The van der Waals surface area contributed by atoms with E-state index in [1.54, 1.807) is 12.1 Å². The highest BCUT2D eigenvalue weighted by molar-refractivity contribution is 6.30. The van der Waals surface area contributed by atoms with Gasteiger partial charge in [0.15, 0.2) is 0 Å². The van der Waals surface area contributed by atoms with Crippen LogP contribution in [0.15, 0.2) is 42.5 Å². The lowest BCUT2D eigenvalue weighted by Crippen LogP contribution is -2.22. The second-order valence-electron chi connectivity index (χ2n) is 6.80. The average Bonchev–Trinajstić information content (AvgIpc) is 2.70. The second kappa shape index (κ2) is 7.83. The number of hydrogen-bond acceptors (Lipinski definition) is 5. The summed E-state index contributed by atoms with van der Waals surface area (Å²) in [6, 6.07) is 10.9. The molecule has 28 heavy (non-hydrogen) atoms. The Morgan fingerprint density at radius 1 is 1.25 bits per heavy atom. The van der Waals surface area contributed by atoms with Gasteiger partial charge < -0.3 is 16.4 Å². The highest BCUT2D eigenvalue weighted by atomic mass is 35.5. The fourth-order valence-electron chi connectivity index (χ4n) is 3.42. The molecule has 1 atom stereocenters. The number of benzene rings is 2. The molecule has 1 aromatic heterocycles. The van der Waals surface area contributed by atoms with Crippen molar-refractivity contribution in [3.63, 3.8) is 0 Å². The third kappa shape index (κ3) is 3.71. The maximum Gasteiger partial charge on any atom is 0.148 e. The zero-order valence-corrected chi connectivity index (χ0v) is 16.2. The molecule has 2 heterocycles. The average molecular weight is 398 g/mol. The summed E-state index contributed by atoms with van der Waals surface area (Å²) in [5.41, 5.74) is 9.75. The van der Waals surface area contributed by atoms with Crippen LogP contribution in [0.2, 0.25) is 5.02 Å². The first-order valence-corrected chi connectivity index (χ1v) is 9.55. The molecule has 1 aliphatic rings. The quantitative estimate of drug-likeness (QED) is 0.576. The molecule has 4 rings (SSSR count). The summed E-state index contributed by atoms with van der Waals surface area (Å²) in [4.78, 5) is 9.03. The Bertz CT molecular complexity index is 1070. The molecule has 1 aliphatic heterocycles. The fraction of sp³-hybridized carbons (Fsp3) is 0.238. The topological polar surface area (TPSA) is 75.9 Å². The largest absolute Gasteiger partial charge is 0.350 e. The summed E-state index contributed by atoms with van der Waals surface area (Å²) in [6.07, 6.45) is 2.37. The molecule has 0 saturated heterocycles. The Kier molecular flexibility index (Phi) is 5.26. The first-order chi connectivity index (χ1) is 13.5. The number of fused-ring (bicyclic) bond motifs is 1. The molecule has 0 amide bonds. The summed E-state index contributed by atoms with van der Waals surface area (Å²) in [6.45, 7) is 3.64. The van der Waals surface area contributed by atoms with Crippen molar-refractivity contribution >= 4 is 33.9 Å². The van der Waals surface area contributed by atoms with Gasteiger partial charge in [-0.2, -0.15) is 0 Å². The molecule has 0 spiro atoms. The molecule has 0 bridgehead atoms. The Balaban J connectivity index is 1.74. The molecular weight excluding hydrogens is 377 g/mol. The lowest BCUT2D eigenvalue weighted by atomic mass is 9.98. The maximum atomic E-state index is 14.4. The molecular formula is C21H21ClFN5. The Morgan fingerprint density at radius 2 is 2.11 bits per heavy atom. The first kappa shape index (κ1) is 18.8. The van der Waals surface area contributed by atoms with Gasteiger partial charge in [-0.15, -0.1) is 0 Å². The number of aryl methyl sites for hydroxylation is 1. The second-order valence-corrected chi connectivity index (χ2v) is 7.21. The van der Waals surface area contributed by atoms with Crippen LogP contribution >= 0.6 is 11.6 Å². The van der Waals surface area contributed by atoms with E-state index in [2.05, 4.69) is 38.8 Å². The van der Waals surface area contributed by atoms with Gasteiger partial charge in [-0.05, 0) is 49.2 Å². The van der Waals surface area contributed by atoms with Gasteiger partial charge in [0, 0.05) is 17.5 Å². The van der Waals surface area contributed by atoms with Gasteiger partial charge in [0.1, 0.15) is 23.6 Å². The zero-order valence-electron chi connectivity index (χ0n) is 15.5. The molecule has 7 heteroatoms. The monoisotopic (exact) mass is 397 g/mol. The lowest BCUT2D eigenvalue weighted by molar-refractivity contribution is 0.596. The minimum absolute atomic E-state index is 0.0404. The van der Waals surface area contributed by atoms with Gasteiger partial charge in [-0.1, -0.05) is 35.9 Å². The fourth-order valence-corrected chi connectivity index (χ4v) is 3.61. The SMILES string of the molecule is Cc1nc(NC(N)c2cccc(Cl)c2F)c2cc(C3=CCNCC3)ccc2n1. The standard InChI is InChI=1S/C21H21ClFN5/c1-12-26-18-6-5-14(13-7-9-25-10-8-13)11-16(18)21(27-12)28-20(24)15-3-2-4-17(22)19(15)23/h2-7,11,20,25H,8-10,24H2,1H3,(H,26,27,28). The number of nitrogens with two attached hydrogens (primary N) is 1. The molecule has 2 aromatic carbocycles. The summed E-state index contributed by atoms with van der Waals surface area (Å²) in [5.74, 6) is 0.660. The number of rotatable bonds is 4. The van der Waals surface area contributed by atoms with Gasteiger partial charge >= 0.3 is 0 Å². The van der Waals surface area contributed by atoms with Crippen molar-refractivity contribution in [2.75, 3.05) is 18.4 Å². The van der Waals surface area contributed by atoms with Crippen LogP contribution < -0.4 is 16.4 Å². The zero-order chi connectivity index (χ0) is 19.7. The van der Waals surface area contributed by atoms with E-state index in [1.165, 1.54) is 11.6 Å². The molecule has 4 N–H and O–H groups in total. The van der Waals surface area contributed by atoms with Crippen molar-refractivity contribution in [1.82, 2.24) is 15.3 Å². The predicted octanol–water partition coefficient (Wildman–Crippen LogP) is 4.18. The molecule has 144 valence electrons. The third-order valence-electron chi connectivity index (χ3n) is 4.85. The number of nitrogens with one attached hydrogen (secondary N) is 2. The Hall–Kier alpha value is -2.54. The van der Waals surface area contributed by atoms with E-state index in [-0.39, 0.29) is 10.6 Å². The minimum Gasteiger partial charge on any atom is -0.350 e. The normalized spacial score (nSPS) is 15.4. The minimum atomic E-state index is -0.794. The van der Waals surface area contributed by atoms with E-state index >= 15 is 0 Å². The van der Waals surface area contributed by atoms with Crippen molar-refractivity contribution in [3.05, 3.63) is 70.3 Å². The number of nitrogens with zero attached hydrogens (tertiary/aromatic N) is 2. The summed E-state index contributed by atoms with van der Waals surface area (Å²) in [5, 5.41) is 7.34. The molecule has 1 unspecified atom stereocenters. The van der Waals surface area contributed by atoms with Crippen molar-refractivity contribution in [2.24, 2.45) is 5.73 Å². The molecule has 0 aliphatic carbocycles. The first-order valence-electron chi connectivity index (χ1n) is 9.17. The van der Waals surface area contributed by atoms with Crippen LogP contribution in [-0.2, 0) is 0 Å². The lowest BCUT2D eigenvalue weighted by Gasteiger charge is -2.19. The van der Waals surface area contributed by atoms with Crippen molar-refractivity contribution < 1.29 is 4.39 Å². The van der Waals surface area contributed by atoms with Crippen LogP contribution in [-0.4, -0.2) is 23.1 Å². The van der Waals surface area contributed by atoms with Gasteiger partial charge in [0.2, 0.25) is 0 Å². The van der Waals surface area contributed by atoms with E-state index in [1.807, 2.05) is 13.0 Å². The predicted molar refractivity (Wildman–Crippen MR) is 112 cm³/mol. The molecule has 0 radical (unpaired) electrons. The van der Waals surface area contributed by atoms with Crippen LogP contribution in [0, 0.1) is 12.7 Å². The van der Waals surface area contributed by atoms with E-state index in [9.17, 15) is 4.39 Å². The molecule has 3 aromatic rings. The van der Waals surface area contributed by atoms with Crippen LogP contribution in [0.1, 0.15) is 29.5 Å². The third-order valence-corrected chi connectivity index (χ3v) is 5.14. The van der Waals surface area contributed by atoms with Crippen molar-refractivity contribution in [1.29, 1.82) is 0 Å². The van der Waals surface area contributed by atoms with Crippen LogP contribution in [0.3, 0.4) is 0 Å².